The largest absolute Gasteiger partial charge is 0.368 e. The van der Waals surface area contributed by atoms with E-state index in [1.54, 1.807) is 48.7 Å². The molecule has 0 aliphatic carbocycles. The molecule has 3 rings (SSSR count). The van der Waals surface area contributed by atoms with Gasteiger partial charge in [-0.3, -0.25) is 14.3 Å². The van der Waals surface area contributed by atoms with Gasteiger partial charge in [0.1, 0.15) is 6.04 Å². The van der Waals surface area contributed by atoms with Gasteiger partial charge in [0.05, 0.1) is 12.7 Å². The molecule has 2 N–H and O–H groups in total. The van der Waals surface area contributed by atoms with Crippen molar-refractivity contribution in [3.8, 4) is 11.1 Å². The van der Waals surface area contributed by atoms with Gasteiger partial charge in [-0.1, -0.05) is 12.1 Å². The predicted molar refractivity (Wildman–Crippen MR) is 106 cm³/mol. The molecule has 0 aliphatic rings. The standard InChI is InChI=1S/C20H22N4O2S/c1-13-7-8-27-18(13)12-23(3)20(26)16-6-4-5-15(9-16)17-10-22-24(11-17)14(2)19(21)25/h4-11,14H,12H2,1-3H3,(H2,21,25). The summed E-state index contributed by atoms with van der Waals surface area (Å²) in [7, 11) is 1.81. The van der Waals surface area contributed by atoms with E-state index >= 15 is 0 Å². The topological polar surface area (TPSA) is 81.2 Å². The molecule has 2 aromatic heterocycles. The number of thiophene rings is 1. The molecule has 3 aromatic rings. The van der Waals surface area contributed by atoms with Crippen LogP contribution in [-0.2, 0) is 11.3 Å². The van der Waals surface area contributed by atoms with E-state index in [1.807, 2.05) is 23.6 Å². The van der Waals surface area contributed by atoms with Crippen LogP contribution in [0, 0.1) is 6.92 Å². The van der Waals surface area contributed by atoms with E-state index in [9.17, 15) is 9.59 Å². The Bertz CT molecular complexity index is 976. The normalized spacial score (nSPS) is 12.0. The molecule has 0 bridgehead atoms. The molecule has 6 nitrogen and oxygen atoms in total. The van der Waals surface area contributed by atoms with Gasteiger partial charge in [-0.15, -0.1) is 11.3 Å². The molecule has 140 valence electrons. The molecule has 0 fully saturated rings. The van der Waals surface area contributed by atoms with Gasteiger partial charge in [0, 0.05) is 29.2 Å². The Morgan fingerprint density at radius 2 is 2.07 bits per heavy atom. The summed E-state index contributed by atoms with van der Waals surface area (Å²) in [5, 5.41) is 6.24. The highest BCUT2D eigenvalue weighted by Crippen LogP contribution is 2.23. The average Bonchev–Trinajstić information content (AvgIpc) is 3.30. The summed E-state index contributed by atoms with van der Waals surface area (Å²) in [4.78, 5) is 27.1. The fourth-order valence-corrected chi connectivity index (χ4v) is 3.69. The first kappa shape index (κ1) is 18.8. The molecule has 0 radical (unpaired) electrons. The summed E-state index contributed by atoms with van der Waals surface area (Å²) in [6, 6.07) is 8.95. The Morgan fingerprint density at radius 3 is 2.74 bits per heavy atom. The maximum Gasteiger partial charge on any atom is 0.253 e. The SMILES string of the molecule is Cc1ccsc1CN(C)C(=O)c1cccc(-c2cnn(C(C)C(N)=O)c2)c1. The average molecular weight is 382 g/mol. The first-order chi connectivity index (χ1) is 12.9. The van der Waals surface area contributed by atoms with Gasteiger partial charge in [0.2, 0.25) is 5.91 Å². The van der Waals surface area contributed by atoms with Gasteiger partial charge in [-0.05, 0) is 48.6 Å². The number of aryl methyl sites for hydroxylation is 1. The number of nitrogens with two attached hydrogens (primary N) is 1. The minimum atomic E-state index is -0.524. The highest BCUT2D eigenvalue weighted by molar-refractivity contribution is 7.10. The van der Waals surface area contributed by atoms with Gasteiger partial charge >= 0.3 is 0 Å². The molecule has 1 atom stereocenters. The number of primary amides is 1. The second-order valence-electron chi connectivity index (χ2n) is 6.56. The number of carbonyl (C=O) groups is 2. The second-order valence-corrected chi connectivity index (χ2v) is 7.56. The first-order valence-corrected chi connectivity index (χ1v) is 9.47. The van der Waals surface area contributed by atoms with Crippen LogP contribution >= 0.6 is 11.3 Å². The van der Waals surface area contributed by atoms with Crippen LogP contribution in [-0.4, -0.2) is 33.5 Å². The summed E-state index contributed by atoms with van der Waals surface area (Å²) in [5.74, 6) is -0.485. The van der Waals surface area contributed by atoms with Crippen LogP contribution < -0.4 is 5.73 Å². The fourth-order valence-electron chi connectivity index (χ4n) is 2.73. The lowest BCUT2D eigenvalue weighted by Gasteiger charge is -2.17. The van der Waals surface area contributed by atoms with Gasteiger partial charge < -0.3 is 10.6 Å². The third kappa shape index (κ3) is 4.09. The Labute approximate surface area is 162 Å². The molecule has 0 aliphatic heterocycles. The van der Waals surface area contributed by atoms with Crippen molar-refractivity contribution >= 4 is 23.2 Å². The van der Waals surface area contributed by atoms with E-state index in [-0.39, 0.29) is 5.91 Å². The number of hydrogen-bond donors (Lipinski definition) is 1. The Balaban J connectivity index is 1.80. The summed E-state index contributed by atoms with van der Waals surface area (Å²) >= 11 is 1.66. The lowest BCUT2D eigenvalue weighted by Crippen LogP contribution is -2.26. The summed E-state index contributed by atoms with van der Waals surface area (Å²) in [5.41, 5.74) is 8.83. The Morgan fingerprint density at radius 1 is 1.30 bits per heavy atom. The van der Waals surface area contributed by atoms with Crippen molar-refractivity contribution in [1.29, 1.82) is 0 Å². The minimum absolute atomic E-state index is 0.0393. The van der Waals surface area contributed by atoms with Crippen molar-refractivity contribution in [3.05, 3.63) is 64.1 Å². The quantitative estimate of drug-likeness (QED) is 0.711. The molecule has 0 saturated carbocycles. The number of nitrogens with zero attached hydrogens (tertiary/aromatic N) is 3. The van der Waals surface area contributed by atoms with E-state index in [2.05, 4.69) is 18.1 Å². The van der Waals surface area contributed by atoms with E-state index in [0.29, 0.717) is 12.1 Å². The second kappa shape index (κ2) is 7.75. The van der Waals surface area contributed by atoms with Crippen LogP contribution in [0.5, 0.6) is 0 Å². The van der Waals surface area contributed by atoms with Crippen LogP contribution in [0.4, 0.5) is 0 Å². The zero-order chi connectivity index (χ0) is 19.6. The van der Waals surface area contributed by atoms with Crippen LogP contribution in [0.25, 0.3) is 11.1 Å². The first-order valence-electron chi connectivity index (χ1n) is 8.59. The van der Waals surface area contributed by atoms with Crippen molar-refractivity contribution in [1.82, 2.24) is 14.7 Å². The third-order valence-electron chi connectivity index (χ3n) is 4.55. The van der Waals surface area contributed by atoms with E-state index in [1.165, 1.54) is 15.1 Å². The summed E-state index contributed by atoms with van der Waals surface area (Å²) in [6.45, 7) is 4.33. The molecule has 2 amide bonds. The Hall–Kier alpha value is -2.93. The van der Waals surface area contributed by atoms with Crippen molar-refractivity contribution in [2.45, 2.75) is 26.4 Å². The van der Waals surface area contributed by atoms with Crippen LogP contribution in [0.3, 0.4) is 0 Å². The monoisotopic (exact) mass is 382 g/mol. The molecule has 1 aromatic carbocycles. The molecule has 1 unspecified atom stereocenters. The number of hydrogen-bond acceptors (Lipinski definition) is 4. The lowest BCUT2D eigenvalue weighted by atomic mass is 10.1. The number of carbonyl (C=O) groups excluding carboxylic acids is 2. The van der Waals surface area contributed by atoms with Gasteiger partial charge in [-0.2, -0.15) is 5.10 Å². The van der Waals surface area contributed by atoms with Gasteiger partial charge in [0.25, 0.3) is 5.91 Å². The van der Waals surface area contributed by atoms with E-state index < -0.39 is 11.9 Å². The molecule has 2 heterocycles. The number of benzene rings is 1. The molecule has 0 spiro atoms. The third-order valence-corrected chi connectivity index (χ3v) is 5.56. The van der Waals surface area contributed by atoms with Crippen LogP contribution in [0.2, 0.25) is 0 Å². The smallest absolute Gasteiger partial charge is 0.253 e. The van der Waals surface area contributed by atoms with Crippen molar-refractivity contribution in [2.24, 2.45) is 5.73 Å². The summed E-state index contributed by atoms with van der Waals surface area (Å²) < 4.78 is 1.53. The molecule has 27 heavy (non-hydrogen) atoms. The van der Waals surface area contributed by atoms with Crippen LogP contribution in [0.15, 0.2) is 48.1 Å². The number of aromatic nitrogens is 2. The van der Waals surface area contributed by atoms with Crippen molar-refractivity contribution < 1.29 is 9.59 Å². The number of amides is 2. The summed E-state index contributed by atoms with van der Waals surface area (Å²) in [6.07, 6.45) is 3.43. The lowest BCUT2D eigenvalue weighted by molar-refractivity contribution is -0.120. The molecular weight excluding hydrogens is 360 g/mol. The maximum atomic E-state index is 12.8. The van der Waals surface area contributed by atoms with E-state index in [0.717, 1.165) is 11.1 Å². The van der Waals surface area contributed by atoms with Crippen molar-refractivity contribution in [2.75, 3.05) is 7.05 Å². The van der Waals surface area contributed by atoms with Crippen LogP contribution in [0.1, 0.15) is 33.8 Å². The van der Waals surface area contributed by atoms with Gasteiger partial charge in [0.15, 0.2) is 0 Å². The molecular formula is C20H22N4O2S. The predicted octanol–water partition coefficient (Wildman–Crippen LogP) is 3.24. The van der Waals surface area contributed by atoms with Crippen molar-refractivity contribution in [3.63, 3.8) is 0 Å². The maximum absolute atomic E-state index is 12.8. The Kier molecular flexibility index (Phi) is 5.41. The highest BCUT2D eigenvalue weighted by atomic mass is 32.1. The zero-order valence-corrected chi connectivity index (χ0v) is 16.4. The zero-order valence-electron chi connectivity index (χ0n) is 15.5. The molecule has 7 heteroatoms. The molecule has 0 saturated heterocycles. The number of rotatable bonds is 6. The minimum Gasteiger partial charge on any atom is -0.368 e. The van der Waals surface area contributed by atoms with Gasteiger partial charge in [-0.25, -0.2) is 0 Å². The highest BCUT2D eigenvalue weighted by Gasteiger charge is 2.16. The van der Waals surface area contributed by atoms with E-state index in [4.69, 9.17) is 5.73 Å². The fraction of sp³-hybridized carbons (Fsp3) is 0.250.